The van der Waals surface area contributed by atoms with Gasteiger partial charge in [-0.3, -0.25) is 4.79 Å². The van der Waals surface area contributed by atoms with Crippen LogP contribution in [0.4, 0.5) is 0 Å². The van der Waals surface area contributed by atoms with Gasteiger partial charge in [0.2, 0.25) is 0 Å². The van der Waals surface area contributed by atoms with Crippen molar-refractivity contribution >= 4 is 27.5 Å². The molecule has 0 saturated carbocycles. The Morgan fingerprint density at radius 3 is 2.84 bits per heavy atom. The lowest BCUT2D eigenvalue weighted by Gasteiger charge is -2.04. The maximum absolute atomic E-state index is 10.6. The fourth-order valence-corrected chi connectivity index (χ4v) is 2.45. The number of hydrogen-bond donors (Lipinski definition) is 1. The number of halogens is 1. The summed E-state index contributed by atoms with van der Waals surface area (Å²) in [7, 11) is 0. The van der Waals surface area contributed by atoms with Crippen LogP contribution < -0.4 is 0 Å². The maximum Gasteiger partial charge on any atom is 0.303 e. The van der Waals surface area contributed by atoms with Crippen LogP contribution in [0.2, 0.25) is 0 Å². The third-order valence-electron chi connectivity index (χ3n) is 2.74. The summed E-state index contributed by atoms with van der Waals surface area (Å²) in [5.41, 5.74) is 2.47. The minimum atomic E-state index is -0.822. The third-order valence-corrected chi connectivity index (χ3v) is 3.53. The van der Waals surface area contributed by atoms with Crippen LogP contribution in [0.25, 0.3) is 5.65 Å². The highest BCUT2D eigenvalue weighted by Crippen LogP contribution is 2.20. The largest absolute Gasteiger partial charge is 0.481 e. The van der Waals surface area contributed by atoms with Crippen LogP contribution in [-0.2, 0) is 17.6 Å². The first-order chi connectivity index (χ1) is 8.97. The van der Waals surface area contributed by atoms with Crippen LogP contribution in [0, 0.1) is 5.92 Å². The predicted molar refractivity (Wildman–Crippen MR) is 75.2 cm³/mol. The van der Waals surface area contributed by atoms with Crippen molar-refractivity contribution in [2.75, 3.05) is 0 Å². The standard InChI is InChI=1S/C13H16BrN3O2/c1-8(2)7-9-3-5-11-15-10(4-6-12(18)19)13(14)17(11)16-9/h3,5,8H,4,6-7H2,1-2H3,(H,18,19). The SMILES string of the molecule is CC(C)Cc1ccc2nc(CCC(=O)O)c(Br)n2n1. The average Bonchev–Trinajstić information content (AvgIpc) is 2.63. The number of nitrogens with zero attached hydrogens (tertiary/aromatic N) is 3. The van der Waals surface area contributed by atoms with Gasteiger partial charge in [-0.25, -0.2) is 9.50 Å². The number of rotatable bonds is 5. The molecular weight excluding hydrogens is 310 g/mol. The molecule has 102 valence electrons. The first-order valence-corrected chi connectivity index (χ1v) is 7.01. The van der Waals surface area contributed by atoms with Gasteiger partial charge < -0.3 is 5.11 Å². The zero-order valence-corrected chi connectivity index (χ0v) is 12.5. The van der Waals surface area contributed by atoms with Crippen molar-refractivity contribution in [3.05, 3.63) is 28.1 Å². The zero-order valence-electron chi connectivity index (χ0n) is 10.9. The molecule has 0 aliphatic heterocycles. The van der Waals surface area contributed by atoms with E-state index in [1.165, 1.54) is 0 Å². The second-order valence-electron chi connectivity index (χ2n) is 4.94. The number of carbonyl (C=O) groups is 1. The fraction of sp³-hybridized carbons (Fsp3) is 0.462. The fourth-order valence-electron chi connectivity index (χ4n) is 1.90. The summed E-state index contributed by atoms with van der Waals surface area (Å²) in [6.07, 6.45) is 1.38. The Kier molecular flexibility index (Phi) is 4.19. The molecule has 0 unspecified atom stereocenters. The van der Waals surface area contributed by atoms with Gasteiger partial charge in [0.1, 0.15) is 4.60 Å². The van der Waals surface area contributed by atoms with Gasteiger partial charge in [0, 0.05) is 6.42 Å². The van der Waals surface area contributed by atoms with Gasteiger partial charge in [0.05, 0.1) is 17.8 Å². The Morgan fingerprint density at radius 1 is 1.47 bits per heavy atom. The van der Waals surface area contributed by atoms with E-state index in [1.54, 1.807) is 4.52 Å². The molecular formula is C13H16BrN3O2. The highest BCUT2D eigenvalue weighted by Gasteiger charge is 2.12. The topological polar surface area (TPSA) is 67.5 Å². The van der Waals surface area contributed by atoms with E-state index in [2.05, 4.69) is 39.9 Å². The summed E-state index contributed by atoms with van der Waals surface area (Å²) < 4.78 is 2.48. The van der Waals surface area contributed by atoms with Crippen molar-refractivity contribution in [3.8, 4) is 0 Å². The molecule has 0 radical (unpaired) electrons. The monoisotopic (exact) mass is 325 g/mol. The van der Waals surface area contributed by atoms with Gasteiger partial charge in [-0.05, 0) is 40.4 Å². The molecule has 0 saturated heterocycles. The van der Waals surface area contributed by atoms with Crippen molar-refractivity contribution in [1.29, 1.82) is 0 Å². The highest BCUT2D eigenvalue weighted by atomic mass is 79.9. The van der Waals surface area contributed by atoms with Crippen molar-refractivity contribution < 1.29 is 9.90 Å². The Balaban J connectivity index is 2.32. The number of aliphatic carboxylic acids is 1. The van der Waals surface area contributed by atoms with E-state index < -0.39 is 5.97 Å². The summed E-state index contributed by atoms with van der Waals surface area (Å²) >= 11 is 3.45. The zero-order chi connectivity index (χ0) is 14.0. The summed E-state index contributed by atoms with van der Waals surface area (Å²) in [6.45, 7) is 4.29. The van der Waals surface area contributed by atoms with Gasteiger partial charge >= 0.3 is 5.97 Å². The molecule has 0 atom stereocenters. The lowest BCUT2D eigenvalue weighted by molar-refractivity contribution is -0.136. The molecule has 0 fully saturated rings. The number of carboxylic acids is 1. The number of aromatic nitrogens is 3. The number of aryl methyl sites for hydroxylation is 1. The van der Waals surface area contributed by atoms with Crippen LogP contribution in [-0.4, -0.2) is 25.7 Å². The van der Waals surface area contributed by atoms with Crippen molar-refractivity contribution in [2.24, 2.45) is 5.92 Å². The minimum absolute atomic E-state index is 0.0708. The van der Waals surface area contributed by atoms with Crippen LogP contribution in [0.1, 0.15) is 31.7 Å². The number of imidazole rings is 1. The van der Waals surface area contributed by atoms with E-state index >= 15 is 0 Å². The molecule has 0 aromatic carbocycles. The van der Waals surface area contributed by atoms with E-state index in [-0.39, 0.29) is 6.42 Å². The molecule has 5 nitrogen and oxygen atoms in total. The quantitative estimate of drug-likeness (QED) is 0.917. The summed E-state index contributed by atoms with van der Waals surface area (Å²) in [5, 5.41) is 13.2. The van der Waals surface area contributed by atoms with E-state index in [4.69, 9.17) is 5.11 Å². The van der Waals surface area contributed by atoms with Crippen molar-refractivity contribution in [3.63, 3.8) is 0 Å². The minimum Gasteiger partial charge on any atom is -0.481 e. The van der Waals surface area contributed by atoms with Gasteiger partial charge in [0.25, 0.3) is 0 Å². The second-order valence-corrected chi connectivity index (χ2v) is 5.69. The molecule has 0 amide bonds. The first kappa shape index (κ1) is 14.0. The van der Waals surface area contributed by atoms with E-state index in [1.807, 2.05) is 12.1 Å². The Hall–Kier alpha value is -1.43. The van der Waals surface area contributed by atoms with E-state index in [0.29, 0.717) is 12.3 Å². The normalized spacial score (nSPS) is 11.4. The van der Waals surface area contributed by atoms with Crippen LogP contribution in [0.5, 0.6) is 0 Å². The van der Waals surface area contributed by atoms with Crippen LogP contribution in [0.15, 0.2) is 16.7 Å². The van der Waals surface area contributed by atoms with Gasteiger partial charge in [-0.2, -0.15) is 5.10 Å². The predicted octanol–water partition coefficient (Wildman–Crippen LogP) is 2.71. The molecule has 0 spiro atoms. The average molecular weight is 326 g/mol. The highest BCUT2D eigenvalue weighted by molar-refractivity contribution is 9.10. The lowest BCUT2D eigenvalue weighted by Crippen LogP contribution is -2.02. The molecule has 0 aliphatic carbocycles. The molecule has 19 heavy (non-hydrogen) atoms. The number of hydrogen-bond acceptors (Lipinski definition) is 3. The third kappa shape index (κ3) is 3.32. The summed E-state index contributed by atoms with van der Waals surface area (Å²) in [5.74, 6) is -0.281. The van der Waals surface area contributed by atoms with Gasteiger partial charge in [-0.15, -0.1) is 0 Å². The molecule has 2 rings (SSSR count). The van der Waals surface area contributed by atoms with Crippen LogP contribution >= 0.6 is 15.9 Å². The van der Waals surface area contributed by atoms with Crippen molar-refractivity contribution in [1.82, 2.24) is 14.6 Å². The molecule has 0 aliphatic rings. The number of carboxylic acid groups (broad SMARTS) is 1. The Bertz CT molecular complexity index is 607. The second kappa shape index (κ2) is 5.69. The molecule has 2 aromatic rings. The Morgan fingerprint density at radius 2 is 2.21 bits per heavy atom. The molecule has 6 heteroatoms. The van der Waals surface area contributed by atoms with Gasteiger partial charge in [0.15, 0.2) is 5.65 Å². The van der Waals surface area contributed by atoms with Crippen LogP contribution in [0.3, 0.4) is 0 Å². The Labute approximate surface area is 119 Å². The number of fused-ring (bicyclic) bond motifs is 1. The van der Waals surface area contributed by atoms with E-state index in [9.17, 15) is 4.79 Å². The summed E-state index contributed by atoms with van der Waals surface area (Å²) in [6, 6.07) is 3.88. The lowest BCUT2D eigenvalue weighted by atomic mass is 10.1. The molecule has 0 bridgehead atoms. The molecule has 1 N–H and O–H groups in total. The first-order valence-electron chi connectivity index (χ1n) is 6.22. The van der Waals surface area contributed by atoms with Gasteiger partial charge in [-0.1, -0.05) is 13.8 Å². The summed E-state index contributed by atoms with van der Waals surface area (Å²) in [4.78, 5) is 15.0. The molecule has 2 aromatic heterocycles. The smallest absolute Gasteiger partial charge is 0.303 e. The van der Waals surface area contributed by atoms with E-state index in [0.717, 1.165) is 28.1 Å². The maximum atomic E-state index is 10.6. The molecule has 2 heterocycles. The van der Waals surface area contributed by atoms with Crippen molar-refractivity contribution in [2.45, 2.75) is 33.1 Å².